The Labute approximate surface area is 119 Å². The maximum atomic E-state index is 11.8. The number of nitrogens with one attached hydrogen (secondary N) is 1. The molecule has 0 aliphatic carbocycles. The minimum atomic E-state index is -1.03. The third-order valence-corrected chi connectivity index (χ3v) is 3.00. The zero-order valence-electron chi connectivity index (χ0n) is 12.3. The molecule has 0 saturated carbocycles. The van der Waals surface area contributed by atoms with E-state index in [1.54, 1.807) is 26.8 Å². The van der Waals surface area contributed by atoms with E-state index in [1.165, 1.54) is 6.08 Å². The average Bonchev–Trinajstić information content (AvgIpc) is 2.33. The Hall–Kier alpha value is -2.10. The monoisotopic (exact) mass is 275 g/mol. The molecular formula is C16H21NO3. The lowest BCUT2D eigenvalue weighted by Crippen LogP contribution is -2.48. The molecule has 4 heteroatoms. The fourth-order valence-corrected chi connectivity index (χ4v) is 1.78. The molecule has 0 spiro atoms. The summed E-state index contributed by atoms with van der Waals surface area (Å²) < 4.78 is 0. The number of carbonyl (C=O) groups excluding carboxylic acids is 1. The van der Waals surface area contributed by atoms with E-state index in [2.05, 4.69) is 5.32 Å². The average molecular weight is 275 g/mol. The van der Waals surface area contributed by atoms with Crippen molar-refractivity contribution in [2.75, 3.05) is 0 Å². The largest absolute Gasteiger partial charge is 0.480 e. The summed E-state index contributed by atoms with van der Waals surface area (Å²) in [4.78, 5) is 23.0. The Morgan fingerprint density at radius 2 is 1.85 bits per heavy atom. The topological polar surface area (TPSA) is 66.4 Å². The van der Waals surface area contributed by atoms with Crippen molar-refractivity contribution in [2.24, 2.45) is 5.41 Å². The minimum Gasteiger partial charge on any atom is -0.480 e. The smallest absolute Gasteiger partial charge is 0.326 e. The van der Waals surface area contributed by atoms with Gasteiger partial charge < -0.3 is 10.4 Å². The summed E-state index contributed by atoms with van der Waals surface area (Å²) in [5, 5.41) is 11.7. The van der Waals surface area contributed by atoms with Crippen molar-refractivity contribution < 1.29 is 14.7 Å². The fourth-order valence-electron chi connectivity index (χ4n) is 1.78. The molecule has 0 saturated heterocycles. The highest BCUT2D eigenvalue weighted by atomic mass is 16.4. The molecule has 1 atom stereocenters. The van der Waals surface area contributed by atoms with E-state index in [1.807, 2.05) is 31.2 Å². The van der Waals surface area contributed by atoms with Gasteiger partial charge in [0.05, 0.1) is 0 Å². The van der Waals surface area contributed by atoms with Gasteiger partial charge in [0.15, 0.2) is 0 Å². The molecular weight excluding hydrogens is 254 g/mol. The van der Waals surface area contributed by atoms with Gasteiger partial charge in [-0.05, 0) is 29.5 Å². The van der Waals surface area contributed by atoms with Gasteiger partial charge in [0.2, 0.25) is 5.91 Å². The molecule has 0 aliphatic rings. The zero-order valence-corrected chi connectivity index (χ0v) is 12.3. The minimum absolute atomic E-state index is 0.407. The summed E-state index contributed by atoms with van der Waals surface area (Å²) in [6, 6.07) is 6.74. The number of amides is 1. The van der Waals surface area contributed by atoms with Crippen LogP contribution in [0.4, 0.5) is 0 Å². The van der Waals surface area contributed by atoms with Crippen LogP contribution in [-0.4, -0.2) is 23.0 Å². The number of carboxylic acid groups (broad SMARTS) is 1. The van der Waals surface area contributed by atoms with Gasteiger partial charge in [-0.3, -0.25) is 4.79 Å². The standard InChI is InChI=1S/C16H21NO3/c1-11-7-5-6-8-12(11)9-10-13(18)17-14(15(19)20)16(2,3)4/h5-10,14H,1-4H3,(H,17,18)(H,19,20)/b10-9+/t14-/m1/s1. The summed E-state index contributed by atoms with van der Waals surface area (Å²) in [7, 11) is 0. The molecule has 1 aromatic rings. The normalized spacial score (nSPS) is 13.2. The quantitative estimate of drug-likeness (QED) is 0.830. The van der Waals surface area contributed by atoms with Crippen LogP contribution in [0.3, 0.4) is 0 Å². The summed E-state index contributed by atoms with van der Waals surface area (Å²) in [5.41, 5.74) is 1.45. The van der Waals surface area contributed by atoms with Crippen LogP contribution in [-0.2, 0) is 9.59 Å². The molecule has 1 aromatic carbocycles. The SMILES string of the molecule is Cc1ccccc1/C=C/C(=O)N[C@H](C(=O)O)C(C)(C)C. The van der Waals surface area contributed by atoms with Gasteiger partial charge in [-0.1, -0.05) is 45.0 Å². The Morgan fingerprint density at radius 3 is 2.35 bits per heavy atom. The number of benzene rings is 1. The van der Waals surface area contributed by atoms with Crippen molar-refractivity contribution >= 4 is 18.0 Å². The van der Waals surface area contributed by atoms with Crippen LogP contribution in [0, 0.1) is 12.3 Å². The lowest BCUT2D eigenvalue weighted by molar-refractivity contribution is -0.144. The van der Waals surface area contributed by atoms with Crippen LogP contribution in [0.2, 0.25) is 0 Å². The maximum absolute atomic E-state index is 11.8. The molecule has 1 rings (SSSR count). The van der Waals surface area contributed by atoms with Gasteiger partial charge in [0.25, 0.3) is 0 Å². The number of rotatable bonds is 4. The Balaban J connectivity index is 2.77. The summed E-state index contributed by atoms with van der Waals surface area (Å²) >= 11 is 0. The highest BCUT2D eigenvalue weighted by Gasteiger charge is 2.31. The van der Waals surface area contributed by atoms with E-state index in [0.29, 0.717) is 0 Å². The highest BCUT2D eigenvalue weighted by Crippen LogP contribution is 2.19. The van der Waals surface area contributed by atoms with Crippen LogP contribution in [0.25, 0.3) is 6.08 Å². The predicted molar refractivity (Wildman–Crippen MR) is 79.2 cm³/mol. The van der Waals surface area contributed by atoms with Gasteiger partial charge in [0.1, 0.15) is 6.04 Å². The van der Waals surface area contributed by atoms with Gasteiger partial charge >= 0.3 is 5.97 Å². The zero-order chi connectivity index (χ0) is 15.3. The van der Waals surface area contributed by atoms with Crippen molar-refractivity contribution in [3.8, 4) is 0 Å². The van der Waals surface area contributed by atoms with Crippen molar-refractivity contribution in [2.45, 2.75) is 33.7 Å². The first-order valence-electron chi connectivity index (χ1n) is 6.49. The number of hydrogen-bond donors (Lipinski definition) is 2. The van der Waals surface area contributed by atoms with Gasteiger partial charge in [-0.15, -0.1) is 0 Å². The maximum Gasteiger partial charge on any atom is 0.326 e. The molecule has 0 bridgehead atoms. The van der Waals surface area contributed by atoms with Crippen LogP contribution >= 0.6 is 0 Å². The lowest BCUT2D eigenvalue weighted by atomic mass is 9.87. The van der Waals surface area contributed by atoms with E-state index in [9.17, 15) is 9.59 Å². The first kappa shape index (κ1) is 16.0. The van der Waals surface area contributed by atoms with Crippen molar-refractivity contribution in [1.82, 2.24) is 5.32 Å². The first-order valence-corrected chi connectivity index (χ1v) is 6.49. The van der Waals surface area contributed by atoms with E-state index in [4.69, 9.17) is 5.11 Å². The Bertz CT molecular complexity index is 527. The number of aliphatic carboxylic acids is 1. The first-order chi connectivity index (χ1) is 9.21. The molecule has 108 valence electrons. The molecule has 0 unspecified atom stereocenters. The third-order valence-electron chi connectivity index (χ3n) is 3.00. The van der Waals surface area contributed by atoms with Crippen LogP contribution in [0.5, 0.6) is 0 Å². The Morgan fingerprint density at radius 1 is 1.25 bits per heavy atom. The van der Waals surface area contributed by atoms with E-state index in [-0.39, 0.29) is 0 Å². The molecule has 0 fully saturated rings. The van der Waals surface area contributed by atoms with Gasteiger partial charge in [-0.2, -0.15) is 0 Å². The van der Waals surface area contributed by atoms with E-state index < -0.39 is 23.3 Å². The van der Waals surface area contributed by atoms with Crippen molar-refractivity contribution in [1.29, 1.82) is 0 Å². The molecule has 4 nitrogen and oxygen atoms in total. The van der Waals surface area contributed by atoms with E-state index >= 15 is 0 Å². The number of carboxylic acids is 1. The second-order valence-electron chi connectivity index (χ2n) is 5.84. The molecule has 0 radical (unpaired) electrons. The third kappa shape index (κ3) is 4.53. The number of aryl methyl sites for hydroxylation is 1. The van der Waals surface area contributed by atoms with Crippen LogP contribution in [0.15, 0.2) is 30.3 Å². The summed E-state index contributed by atoms with van der Waals surface area (Å²) in [6.07, 6.45) is 3.05. The second-order valence-corrected chi connectivity index (χ2v) is 5.84. The number of hydrogen-bond acceptors (Lipinski definition) is 2. The second kappa shape index (κ2) is 6.37. The molecule has 0 aliphatic heterocycles. The summed E-state index contributed by atoms with van der Waals surface area (Å²) in [5.74, 6) is -1.44. The molecule has 2 N–H and O–H groups in total. The van der Waals surface area contributed by atoms with Crippen LogP contribution < -0.4 is 5.32 Å². The molecule has 20 heavy (non-hydrogen) atoms. The Kier molecular flexibility index (Phi) is 5.08. The van der Waals surface area contributed by atoms with Gasteiger partial charge in [-0.25, -0.2) is 4.79 Å². The molecule has 1 amide bonds. The predicted octanol–water partition coefficient (Wildman–Crippen LogP) is 2.62. The fraction of sp³-hybridized carbons (Fsp3) is 0.375. The van der Waals surface area contributed by atoms with Crippen molar-refractivity contribution in [3.63, 3.8) is 0 Å². The molecule has 0 aromatic heterocycles. The number of carbonyl (C=O) groups is 2. The van der Waals surface area contributed by atoms with Gasteiger partial charge in [0, 0.05) is 6.08 Å². The summed E-state index contributed by atoms with van der Waals surface area (Å²) in [6.45, 7) is 7.28. The molecule has 0 heterocycles. The van der Waals surface area contributed by atoms with E-state index in [0.717, 1.165) is 11.1 Å². The van der Waals surface area contributed by atoms with Crippen LogP contribution in [0.1, 0.15) is 31.9 Å². The highest BCUT2D eigenvalue weighted by molar-refractivity contribution is 5.94. The van der Waals surface area contributed by atoms with Crippen molar-refractivity contribution in [3.05, 3.63) is 41.5 Å². The lowest BCUT2D eigenvalue weighted by Gasteiger charge is -2.27.